The van der Waals surface area contributed by atoms with Gasteiger partial charge in [-0.2, -0.15) is 0 Å². The molecule has 0 unspecified atom stereocenters. The normalized spacial score (nSPS) is 11.7. The molecule has 1 aromatic heterocycles. The first-order valence-electron chi connectivity index (χ1n) is 6.26. The zero-order valence-corrected chi connectivity index (χ0v) is 11.4. The maximum Gasteiger partial charge on any atom is 0.287 e. The van der Waals surface area contributed by atoms with Gasteiger partial charge >= 0.3 is 0 Å². The van der Waals surface area contributed by atoms with E-state index in [1.54, 1.807) is 13.2 Å². The van der Waals surface area contributed by atoms with Crippen molar-refractivity contribution in [2.24, 2.45) is 0 Å². The van der Waals surface area contributed by atoms with Gasteiger partial charge in [0.1, 0.15) is 17.8 Å². The highest BCUT2D eigenvalue weighted by atomic mass is 16.6. The largest absolute Gasteiger partial charge is 0.497 e. The van der Waals surface area contributed by atoms with Crippen molar-refractivity contribution in [3.8, 4) is 5.75 Å². The van der Waals surface area contributed by atoms with E-state index in [0.29, 0.717) is 11.6 Å². The summed E-state index contributed by atoms with van der Waals surface area (Å²) in [5.41, 5.74) is 0.750. The predicted molar refractivity (Wildman–Crippen MR) is 77.3 cm³/mol. The lowest BCUT2D eigenvalue weighted by molar-refractivity contribution is -0.385. The Bertz CT molecular complexity index is 616. The summed E-state index contributed by atoms with van der Waals surface area (Å²) in [7, 11) is 1.57. The summed E-state index contributed by atoms with van der Waals surface area (Å²) in [6.07, 6.45) is 1.17. The third-order valence-corrected chi connectivity index (χ3v) is 2.96. The fourth-order valence-electron chi connectivity index (χ4n) is 1.85. The molecule has 0 radical (unpaired) electrons. The molecule has 7 nitrogen and oxygen atoms in total. The molecule has 2 aromatic rings. The van der Waals surface area contributed by atoms with E-state index in [1.807, 2.05) is 18.2 Å². The molecule has 1 aromatic carbocycles. The van der Waals surface area contributed by atoms with Crippen LogP contribution in [0.1, 0.15) is 11.6 Å². The first-order valence-corrected chi connectivity index (χ1v) is 6.26. The predicted octanol–water partition coefficient (Wildman–Crippen LogP) is 2.14. The van der Waals surface area contributed by atoms with Crippen molar-refractivity contribution < 1.29 is 14.8 Å². The summed E-state index contributed by atoms with van der Waals surface area (Å²) < 4.78 is 5.14. The number of methoxy groups -OCH3 is 1. The Morgan fingerprint density at radius 2 is 2.24 bits per heavy atom. The van der Waals surface area contributed by atoms with Crippen LogP contribution in [0.2, 0.25) is 0 Å². The maximum absolute atomic E-state index is 10.6. The first kappa shape index (κ1) is 14.7. The molecule has 0 amide bonds. The minimum Gasteiger partial charge on any atom is -0.497 e. The molecule has 0 saturated carbocycles. The van der Waals surface area contributed by atoms with Gasteiger partial charge in [-0.3, -0.25) is 10.1 Å². The van der Waals surface area contributed by atoms with Gasteiger partial charge in [0, 0.05) is 6.07 Å². The molecule has 0 spiro atoms. The molecule has 0 aliphatic rings. The molecule has 110 valence electrons. The second-order valence-corrected chi connectivity index (χ2v) is 4.31. The Hall–Kier alpha value is -2.67. The molecule has 0 aliphatic carbocycles. The Morgan fingerprint density at radius 1 is 1.43 bits per heavy atom. The van der Waals surface area contributed by atoms with Crippen LogP contribution in [0.4, 0.5) is 11.5 Å². The van der Waals surface area contributed by atoms with Crippen LogP contribution in [-0.4, -0.2) is 28.7 Å². The lowest BCUT2D eigenvalue weighted by Crippen LogP contribution is -2.15. The molecule has 0 bridgehead atoms. The Balaban J connectivity index is 2.16. The van der Waals surface area contributed by atoms with Gasteiger partial charge < -0.3 is 15.2 Å². The van der Waals surface area contributed by atoms with Gasteiger partial charge in [-0.15, -0.1) is 0 Å². The number of pyridine rings is 1. The second kappa shape index (κ2) is 6.67. The van der Waals surface area contributed by atoms with Crippen molar-refractivity contribution >= 4 is 11.5 Å². The van der Waals surface area contributed by atoms with E-state index in [9.17, 15) is 15.2 Å². The van der Waals surface area contributed by atoms with Crippen molar-refractivity contribution in [2.75, 3.05) is 19.0 Å². The molecular weight excluding hydrogens is 274 g/mol. The summed E-state index contributed by atoms with van der Waals surface area (Å²) in [5, 5.41) is 23.1. The maximum atomic E-state index is 10.6. The highest BCUT2D eigenvalue weighted by Gasteiger charge is 2.13. The second-order valence-electron chi connectivity index (χ2n) is 4.31. The highest BCUT2D eigenvalue weighted by molar-refractivity contribution is 5.43. The molecule has 21 heavy (non-hydrogen) atoms. The SMILES string of the molecule is COc1cccc([C@@H](CO)Nc2ccc([N+](=O)[O-])cn2)c1. The third-order valence-electron chi connectivity index (χ3n) is 2.96. The van der Waals surface area contributed by atoms with E-state index < -0.39 is 4.92 Å². The fourth-order valence-corrected chi connectivity index (χ4v) is 1.85. The average molecular weight is 289 g/mol. The first-order chi connectivity index (χ1) is 10.1. The monoisotopic (exact) mass is 289 g/mol. The number of anilines is 1. The molecule has 2 rings (SSSR count). The molecule has 1 heterocycles. The molecule has 0 aliphatic heterocycles. The van der Waals surface area contributed by atoms with Crippen LogP contribution in [0.15, 0.2) is 42.6 Å². The van der Waals surface area contributed by atoms with Crippen molar-refractivity contribution in [3.05, 3.63) is 58.3 Å². The lowest BCUT2D eigenvalue weighted by Gasteiger charge is -2.17. The van der Waals surface area contributed by atoms with Crippen molar-refractivity contribution in [1.82, 2.24) is 4.98 Å². The minimum atomic E-state index is -0.512. The van der Waals surface area contributed by atoms with Crippen LogP contribution < -0.4 is 10.1 Å². The van der Waals surface area contributed by atoms with Gasteiger partial charge in [-0.05, 0) is 23.8 Å². The Labute approximate surface area is 121 Å². The number of nitrogens with one attached hydrogen (secondary N) is 1. The van der Waals surface area contributed by atoms with Gasteiger partial charge in [0.05, 0.1) is 24.7 Å². The van der Waals surface area contributed by atoms with Crippen molar-refractivity contribution in [3.63, 3.8) is 0 Å². The number of rotatable bonds is 6. The molecule has 2 N–H and O–H groups in total. The van der Waals surface area contributed by atoms with Crippen LogP contribution in [0.3, 0.4) is 0 Å². The lowest BCUT2D eigenvalue weighted by atomic mass is 10.1. The number of aliphatic hydroxyl groups is 1. The average Bonchev–Trinajstić information content (AvgIpc) is 2.53. The number of ether oxygens (including phenoxy) is 1. The van der Waals surface area contributed by atoms with Gasteiger partial charge in [-0.25, -0.2) is 4.98 Å². The number of benzene rings is 1. The third kappa shape index (κ3) is 3.67. The number of hydrogen-bond donors (Lipinski definition) is 2. The van der Waals surface area contributed by atoms with E-state index in [0.717, 1.165) is 5.56 Å². The van der Waals surface area contributed by atoms with Crippen molar-refractivity contribution in [1.29, 1.82) is 0 Å². The summed E-state index contributed by atoms with van der Waals surface area (Å²) in [5.74, 6) is 1.13. The summed E-state index contributed by atoms with van der Waals surface area (Å²) in [6.45, 7) is -0.147. The minimum absolute atomic E-state index is 0.0810. The van der Waals surface area contributed by atoms with E-state index in [1.165, 1.54) is 18.3 Å². The van der Waals surface area contributed by atoms with E-state index in [4.69, 9.17) is 4.74 Å². The standard InChI is InChI=1S/C14H15N3O4/c1-21-12-4-2-3-10(7-12)13(9-18)16-14-6-5-11(8-15-14)17(19)20/h2-8,13,18H,9H2,1H3,(H,15,16)/t13-/m1/s1. The Kier molecular flexibility index (Phi) is 4.68. The number of nitrogens with zero attached hydrogens (tertiary/aromatic N) is 2. The van der Waals surface area contributed by atoms with Gasteiger partial charge in [0.15, 0.2) is 0 Å². The van der Waals surface area contributed by atoms with Gasteiger partial charge in [0.2, 0.25) is 0 Å². The number of hydrogen-bond acceptors (Lipinski definition) is 6. The van der Waals surface area contributed by atoms with Crippen LogP contribution in [0, 0.1) is 10.1 Å². The van der Waals surface area contributed by atoms with E-state index in [-0.39, 0.29) is 18.3 Å². The topological polar surface area (TPSA) is 97.5 Å². The zero-order chi connectivity index (χ0) is 15.2. The summed E-state index contributed by atoms with van der Waals surface area (Å²) >= 11 is 0. The van der Waals surface area contributed by atoms with Crippen LogP contribution in [0.5, 0.6) is 5.75 Å². The fraction of sp³-hybridized carbons (Fsp3) is 0.214. The molecule has 7 heteroatoms. The smallest absolute Gasteiger partial charge is 0.287 e. The number of aliphatic hydroxyl groups excluding tert-OH is 1. The van der Waals surface area contributed by atoms with Crippen LogP contribution >= 0.6 is 0 Å². The summed E-state index contributed by atoms with van der Waals surface area (Å²) in [4.78, 5) is 14.0. The molecule has 0 saturated heterocycles. The zero-order valence-electron chi connectivity index (χ0n) is 11.4. The summed E-state index contributed by atoms with van der Waals surface area (Å²) in [6, 6.07) is 9.76. The van der Waals surface area contributed by atoms with E-state index >= 15 is 0 Å². The number of aromatic nitrogens is 1. The molecule has 0 fully saturated rings. The van der Waals surface area contributed by atoms with Crippen LogP contribution in [0.25, 0.3) is 0 Å². The van der Waals surface area contributed by atoms with Gasteiger partial charge in [-0.1, -0.05) is 12.1 Å². The van der Waals surface area contributed by atoms with Gasteiger partial charge in [0.25, 0.3) is 5.69 Å². The molecular formula is C14H15N3O4. The Morgan fingerprint density at radius 3 is 2.81 bits per heavy atom. The van der Waals surface area contributed by atoms with E-state index in [2.05, 4.69) is 10.3 Å². The van der Waals surface area contributed by atoms with Crippen molar-refractivity contribution in [2.45, 2.75) is 6.04 Å². The quantitative estimate of drug-likeness (QED) is 0.624. The molecule has 1 atom stereocenters. The van der Waals surface area contributed by atoms with Crippen LogP contribution in [-0.2, 0) is 0 Å². The highest BCUT2D eigenvalue weighted by Crippen LogP contribution is 2.22. The number of nitro groups is 1.